The van der Waals surface area contributed by atoms with E-state index in [4.69, 9.17) is 5.73 Å². The standard InChI is InChI=1S/C10H14N2O4/c1-12(7-9(11)14)8(10(15)16-2)5-3-4-6-13/h3-6H,7H2,1-2H3,(H2,11,14)/b4-3-,8-5-. The minimum atomic E-state index is -0.612. The van der Waals surface area contributed by atoms with Crippen LogP contribution in [0.3, 0.4) is 0 Å². The second-order valence-corrected chi connectivity index (χ2v) is 2.89. The van der Waals surface area contributed by atoms with Crippen LogP contribution in [0.25, 0.3) is 0 Å². The summed E-state index contributed by atoms with van der Waals surface area (Å²) < 4.78 is 4.52. The van der Waals surface area contributed by atoms with Crippen molar-refractivity contribution in [2.45, 2.75) is 0 Å². The van der Waals surface area contributed by atoms with Crippen molar-refractivity contribution < 1.29 is 19.1 Å². The zero-order valence-corrected chi connectivity index (χ0v) is 9.17. The molecule has 0 radical (unpaired) electrons. The molecule has 6 nitrogen and oxygen atoms in total. The van der Waals surface area contributed by atoms with Crippen molar-refractivity contribution in [3.05, 3.63) is 23.9 Å². The van der Waals surface area contributed by atoms with Crippen LogP contribution in [0, 0.1) is 0 Å². The minimum Gasteiger partial charge on any atom is -0.464 e. The normalized spacial score (nSPS) is 11.2. The van der Waals surface area contributed by atoms with Gasteiger partial charge in [-0.3, -0.25) is 9.59 Å². The number of nitrogens with two attached hydrogens (primary N) is 1. The van der Waals surface area contributed by atoms with Crippen LogP contribution in [0.2, 0.25) is 0 Å². The summed E-state index contributed by atoms with van der Waals surface area (Å²) in [6.07, 6.45) is 4.51. The number of hydrogen-bond donors (Lipinski definition) is 1. The third-order valence-corrected chi connectivity index (χ3v) is 1.64. The summed E-state index contributed by atoms with van der Waals surface area (Å²) in [5, 5.41) is 0. The number of likely N-dealkylation sites (N-methyl/N-ethyl adjacent to an activating group) is 1. The molecule has 0 saturated heterocycles. The first-order valence-corrected chi connectivity index (χ1v) is 4.42. The lowest BCUT2D eigenvalue weighted by Crippen LogP contribution is -2.33. The van der Waals surface area contributed by atoms with Crippen molar-refractivity contribution in [2.75, 3.05) is 20.7 Å². The molecule has 0 aliphatic carbocycles. The number of carbonyl (C=O) groups is 3. The number of ether oxygens (including phenoxy) is 1. The Labute approximate surface area is 93.3 Å². The molecule has 0 aromatic carbocycles. The van der Waals surface area contributed by atoms with E-state index in [0.717, 1.165) is 0 Å². The van der Waals surface area contributed by atoms with Gasteiger partial charge in [-0.15, -0.1) is 0 Å². The molecule has 0 bridgehead atoms. The van der Waals surface area contributed by atoms with Crippen molar-refractivity contribution in [1.82, 2.24) is 4.90 Å². The molecule has 0 saturated carbocycles. The van der Waals surface area contributed by atoms with Gasteiger partial charge in [-0.25, -0.2) is 4.79 Å². The highest BCUT2D eigenvalue weighted by Crippen LogP contribution is 2.03. The Kier molecular flexibility index (Phi) is 6.27. The maximum atomic E-state index is 11.3. The van der Waals surface area contributed by atoms with E-state index in [0.29, 0.717) is 6.29 Å². The highest BCUT2D eigenvalue weighted by molar-refractivity contribution is 5.89. The highest BCUT2D eigenvalue weighted by atomic mass is 16.5. The number of hydrogen-bond acceptors (Lipinski definition) is 5. The van der Waals surface area contributed by atoms with Gasteiger partial charge in [0.15, 0.2) is 0 Å². The van der Waals surface area contributed by atoms with E-state index in [9.17, 15) is 14.4 Å². The van der Waals surface area contributed by atoms with Gasteiger partial charge in [-0.2, -0.15) is 0 Å². The van der Waals surface area contributed by atoms with E-state index in [1.54, 1.807) is 0 Å². The topological polar surface area (TPSA) is 89.7 Å². The molecule has 0 aromatic heterocycles. The third kappa shape index (κ3) is 4.94. The Hall–Kier alpha value is -2.11. The molecule has 0 fully saturated rings. The molecule has 0 unspecified atom stereocenters. The van der Waals surface area contributed by atoms with Gasteiger partial charge in [-0.05, 0) is 12.2 Å². The molecule has 0 aromatic rings. The Morgan fingerprint density at radius 2 is 2.00 bits per heavy atom. The summed E-state index contributed by atoms with van der Waals surface area (Å²) in [5.41, 5.74) is 5.13. The van der Waals surface area contributed by atoms with E-state index in [2.05, 4.69) is 4.74 Å². The van der Waals surface area contributed by atoms with Crippen LogP contribution >= 0.6 is 0 Å². The predicted octanol–water partition coefficient (Wildman–Crippen LogP) is -0.784. The van der Waals surface area contributed by atoms with E-state index in [1.165, 1.54) is 37.3 Å². The lowest BCUT2D eigenvalue weighted by Gasteiger charge is -2.18. The zero-order valence-electron chi connectivity index (χ0n) is 9.17. The van der Waals surface area contributed by atoms with Gasteiger partial charge in [0.05, 0.1) is 13.7 Å². The summed E-state index contributed by atoms with van der Waals surface area (Å²) in [5.74, 6) is -1.18. The molecule has 88 valence electrons. The maximum absolute atomic E-state index is 11.3. The number of aldehydes is 1. The van der Waals surface area contributed by atoms with Crippen molar-refractivity contribution in [3.8, 4) is 0 Å². The molecule has 0 rings (SSSR count). The smallest absolute Gasteiger partial charge is 0.354 e. The lowest BCUT2D eigenvalue weighted by atomic mass is 10.3. The molecule has 6 heteroatoms. The summed E-state index contributed by atoms with van der Waals surface area (Å²) in [7, 11) is 2.74. The van der Waals surface area contributed by atoms with Gasteiger partial charge < -0.3 is 15.4 Å². The zero-order chi connectivity index (χ0) is 12.6. The van der Waals surface area contributed by atoms with Crippen LogP contribution in [0.1, 0.15) is 0 Å². The molecule has 16 heavy (non-hydrogen) atoms. The van der Waals surface area contributed by atoms with Crippen molar-refractivity contribution in [1.29, 1.82) is 0 Å². The van der Waals surface area contributed by atoms with Crippen LogP contribution < -0.4 is 5.73 Å². The molecule has 1 amide bonds. The van der Waals surface area contributed by atoms with E-state index < -0.39 is 11.9 Å². The Balaban J connectivity index is 4.85. The van der Waals surface area contributed by atoms with Crippen LogP contribution in [0.4, 0.5) is 0 Å². The Morgan fingerprint density at radius 3 is 2.44 bits per heavy atom. The molecular formula is C10H14N2O4. The molecule has 0 aliphatic rings. The average molecular weight is 226 g/mol. The number of carbonyl (C=O) groups excluding carboxylic acids is 3. The number of esters is 1. The van der Waals surface area contributed by atoms with Gasteiger partial charge in [-0.1, -0.05) is 6.08 Å². The number of rotatable bonds is 6. The van der Waals surface area contributed by atoms with Gasteiger partial charge in [0.2, 0.25) is 5.91 Å². The second kappa shape index (κ2) is 7.22. The molecular weight excluding hydrogens is 212 g/mol. The Morgan fingerprint density at radius 1 is 1.38 bits per heavy atom. The summed E-state index contributed by atoms with van der Waals surface area (Å²) in [6.45, 7) is -0.115. The second-order valence-electron chi connectivity index (χ2n) is 2.89. The van der Waals surface area contributed by atoms with Crippen molar-refractivity contribution >= 4 is 18.2 Å². The first-order chi connectivity index (χ1) is 7.52. The number of nitrogens with zero attached hydrogens (tertiary/aromatic N) is 1. The molecule has 0 heterocycles. The van der Waals surface area contributed by atoms with Gasteiger partial charge >= 0.3 is 5.97 Å². The van der Waals surface area contributed by atoms with Crippen LogP contribution in [-0.4, -0.2) is 43.8 Å². The Bertz CT molecular complexity index is 334. The largest absolute Gasteiger partial charge is 0.464 e. The molecule has 0 aliphatic heterocycles. The van der Waals surface area contributed by atoms with Crippen LogP contribution in [0.15, 0.2) is 23.9 Å². The first kappa shape index (κ1) is 13.9. The number of allylic oxidation sites excluding steroid dienone is 3. The summed E-state index contributed by atoms with van der Waals surface area (Å²) in [4.78, 5) is 33.4. The van der Waals surface area contributed by atoms with Gasteiger partial charge in [0.25, 0.3) is 0 Å². The summed E-state index contributed by atoms with van der Waals surface area (Å²) >= 11 is 0. The fourth-order valence-corrected chi connectivity index (χ4v) is 0.967. The quantitative estimate of drug-likeness (QED) is 0.277. The van der Waals surface area contributed by atoms with E-state index in [1.807, 2.05) is 0 Å². The minimum absolute atomic E-state index is 0.115. The van der Waals surface area contributed by atoms with Gasteiger partial charge in [0, 0.05) is 7.05 Å². The van der Waals surface area contributed by atoms with E-state index >= 15 is 0 Å². The maximum Gasteiger partial charge on any atom is 0.354 e. The average Bonchev–Trinajstić information content (AvgIpc) is 2.22. The molecule has 0 spiro atoms. The summed E-state index contributed by atoms with van der Waals surface area (Å²) in [6, 6.07) is 0. The van der Waals surface area contributed by atoms with E-state index in [-0.39, 0.29) is 12.2 Å². The number of amides is 1. The highest BCUT2D eigenvalue weighted by Gasteiger charge is 2.15. The predicted molar refractivity (Wildman–Crippen MR) is 57.1 cm³/mol. The molecule has 0 atom stereocenters. The SMILES string of the molecule is COC(=O)/C(=C/C=C\C=O)N(C)CC(N)=O. The number of primary amides is 1. The fourth-order valence-electron chi connectivity index (χ4n) is 0.967. The number of methoxy groups -OCH3 is 1. The third-order valence-electron chi connectivity index (χ3n) is 1.64. The van der Waals surface area contributed by atoms with Crippen molar-refractivity contribution in [3.63, 3.8) is 0 Å². The van der Waals surface area contributed by atoms with Crippen molar-refractivity contribution in [2.24, 2.45) is 5.73 Å². The fraction of sp³-hybridized carbons (Fsp3) is 0.300. The molecule has 2 N–H and O–H groups in total. The first-order valence-electron chi connectivity index (χ1n) is 4.42. The monoisotopic (exact) mass is 226 g/mol. The van der Waals surface area contributed by atoms with Crippen LogP contribution in [-0.2, 0) is 19.1 Å². The van der Waals surface area contributed by atoms with Gasteiger partial charge in [0.1, 0.15) is 12.0 Å². The van der Waals surface area contributed by atoms with Crippen LogP contribution in [0.5, 0.6) is 0 Å². The lowest BCUT2D eigenvalue weighted by molar-refractivity contribution is -0.137.